The molecule has 1 saturated heterocycles. The van der Waals surface area contributed by atoms with E-state index in [0.717, 1.165) is 30.7 Å². The van der Waals surface area contributed by atoms with Crippen LogP contribution in [0.1, 0.15) is 5.56 Å². The number of fused-ring (bicyclic) bond motifs is 1. The lowest BCUT2D eigenvalue weighted by molar-refractivity contribution is -0.0311. The van der Waals surface area contributed by atoms with Crippen LogP contribution in [0.25, 0.3) is 11.0 Å². The van der Waals surface area contributed by atoms with Crippen LogP contribution in [-0.4, -0.2) is 52.0 Å². The van der Waals surface area contributed by atoms with Crippen molar-refractivity contribution in [3.05, 3.63) is 30.1 Å². The summed E-state index contributed by atoms with van der Waals surface area (Å²) in [5.74, 6) is 0. The molecule has 102 valence electrons. The summed E-state index contributed by atoms with van der Waals surface area (Å²) in [7, 11) is 2.00. The number of aryl methyl sites for hydroxylation is 1. The minimum atomic E-state index is 0.0905. The molecule has 3 rings (SSSR count). The van der Waals surface area contributed by atoms with E-state index in [1.807, 2.05) is 17.9 Å². The molecule has 2 heterocycles. The molecular formula is C14H19N3O2. The van der Waals surface area contributed by atoms with Crippen LogP contribution in [0.4, 0.5) is 0 Å². The smallest absolute Gasteiger partial charge is 0.0955 e. The van der Waals surface area contributed by atoms with Gasteiger partial charge in [0.25, 0.3) is 0 Å². The van der Waals surface area contributed by atoms with Gasteiger partial charge < -0.3 is 14.4 Å². The first-order valence-electron chi connectivity index (χ1n) is 6.61. The highest BCUT2D eigenvalue weighted by Gasteiger charge is 2.23. The molecule has 0 bridgehead atoms. The third-order valence-electron chi connectivity index (χ3n) is 3.77. The molecule has 0 aliphatic carbocycles. The number of ether oxygens (including phenoxy) is 1. The molecule has 19 heavy (non-hydrogen) atoms. The van der Waals surface area contributed by atoms with E-state index in [4.69, 9.17) is 4.74 Å². The van der Waals surface area contributed by atoms with Crippen molar-refractivity contribution in [2.45, 2.75) is 12.6 Å². The zero-order valence-corrected chi connectivity index (χ0v) is 11.1. The molecule has 1 fully saturated rings. The summed E-state index contributed by atoms with van der Waals surface area (Å²) in [4.78, 5) is 6.75. The Morgan fingerprint density at radius 2 is 2.37 bits per heavy atom. The summed E-state index contributed by atoms with van der Waals surface area (Å²) in [6.45, 7) is 3.14. The molecule has 0 amide bonds. The maximum atomic E-state index is 9.42. The Labute approximate surface area is 112 Å². The van der Waals surface area contributed by atoms with Crippen molar-refractivity contribution < 1.29 is 9.84 Å². The van der Waals surface area contributed by atoms with Gasteiger partial charge in [0.05, 0.1) is 43.2 Å². The van der Waals surface area contributed by atoms with Gasteiger partial charge in [0.2, 0.25) is 0 Å². The zero-order chi connectivity index (χ0) is 13.2. The van der Waals surface area contributed by atoms with Gasteiger partial charge in [0.1, 0.15) is 0 Å². The van der Waals surface area contributed by atoms with E-state index in [1.54, 1.807) is 0 Å². The average molecular weight is 261 g/mol. The number of para-hydroxylation sites is 1. The van der Waals surface area contributed by atoms with E-state index in [2.05, 4.69) is 28.1 Å². The minimum absolute atomic E-state index is 0.0905. The van der Waals surface area contributed by atoms with Gasteiger partial charge in [-0.05, 0) is 11.6 Å². The second kappa shape index (κ2) is 5.28. The number of rotatable bonds is 3. The molecule has 5 heteroatoms. The van der Waals surface area contributed by atoms with Crippen LogP contribution in [0, 0.1) is 0 Å². The maximum Gasteiger partial charge on any atom is 0.0955 e. The van der Waals surface area contributed by atoms with Crippen molar-refractivity contribution in [3.8, 4) is 0 Å². The average Bonchev–Trinajstić information content (AvgIpc) is 2.82. The number of aromatic nitrogens is 2. The summed E-state index contributed by atoms with van der Waals surface area (Å²) >= 11 is 0. The summed E-state index contributed by atoms with van der Waals surface area (Å²) in [6.07, 6.45) is 1.84. The predicted octanol–water partition coefficient (Wildman–Crippen LogP) is 0.766. The molecule has 1 aromatic carbocycles. The molecule has 5 nitrogen and oxygen atoms in total. The lowest BCUT2D eigenvalue weighted by atomic mass is 10.1. The lowest BCUT2D eigenvalue weighted by Gasteiger charge is -2.34. The number of benzene rings is 1. The maximum absolute atomic E-state index is 9.42. The number of hydrogen-bond donors (Lipinski definition) is 1. The Bertz CT molecular complexity index is 567. The Morgan fingerprint density at radius 3 is 3.21 bits per heavy atom. The summed E-state index contributed by atoms with van der Waals surface area (Å²) in [5, 5.41) is 9.42. The third kappa shape index (κ3) is 2.36. The van der Waals surface area contributed by atoms with Gasteiger partial charge in [-0.1, -0.05) is 12.1 Å². The predicted molar refractivity (Wildman–Crippen MR) is 72.8 cm³/mol. The van der Waals surface area contributed by atoms with Crippen LogP contribution in [0.5, 0.6) is 0 Å². The molecule has 0 radical (unpaired) electrons. The number of imidazole rings is 1. The molecule has 1 atom stereocenters. The van der Waals surface area contributed by atoms with Crippen molar-refractivity contribution >= 4 is 11.0 Å². The molecule has 1 aliphatic heterocycles. The second-order valence-electron chi connectivity index (χ2n) is 5.02. The van der Waals surface area contributed by atoms with Gasteiger partial charge in [-0.3, -0.25) is 4.90 Å². The van der Waals surface area contributed by atoms with Crippen molar-refractivity contribution in [2.75, 3.05) is 26.4 Å². The third-order valence-corrected chi connectivity index (χ3v) is 3.77. The van der Waals surface area contributed by atoms with Gasteiger partial charge >= 0.3 is 0 Å². The Balaban J connectivity index is 1.88. The summed E-state index contributed by atoms with van der Waals surface area (Å²) in [6, 6.07) is 6.34. The van der Waals surface area contributed by atoms with Crippen LogP contribution < -0.4 is 0 Å². The first-order chi connectivity index (χ1) is 9.29. The van der Waals surface area contributed by atoms with E-state index in [0.29, 0.717) is 6.61 Å². The van der Waals surface area contributed by atoms with E-state index in [1.165, 1.54) is 5.56 Å². The van der Waals surface area contributed by atoms with Gasteiger partial charge in [-0.15, -0.1) is 0 Å². The molecular weight excluding hydrogens is 242 g/mol. The molecule has 0 unspecified atom stereocenters. The highest BCUT2D eigenvalue weighted by molar-refractivity contribution is 5.78. The van der Waals surface area contributed by atoms with Crippen LogP contribution in [-0.2, 0) is 18.3 Å². The standard InChI is InChI=1S/C14H19N3O2/c1-16-10-15-14-11(3-2-4-13(14)16)7-17-5-6-19-9-12(17)8-18/h2-4,10,12,18H,5-9H2,1H3/t12-/m1/s1. The Kier molecular flexibility index (Phi) is 3.50. The first-order valence-corrected chi connectivity index (χ1v) is 6.61. The number of aliphatic hydroxyl groups excluding tert-OH is 1. The second-order valence-corrected chi connectivity index (χ2v) is 5.02. The van der Waals surface area contributed by atoms with Gasteiger partial charge in [0.15, 0.2) is 0 Å². The fourth-order valence-corrected chi connectivity index (χ4v) is 2.63. The van der Waals surface area contributed by atoms with Gasteiger partial charge in [-0.2, -0.15) is 0 Å². The molecule has 1 aromatic heterocycles. The van der Waals surface area contributed by atoms with Gasteiger partial charge in [0, 0.05) is 20.1 Å². The van der Waals surface area contributed by atoms with E-state index in [-0.39, 0.29) is 12.6 Å². The Morgan fingerprint density at radius 1 is 1.47 bits per heavy atom. The van der Waals surface area contributed by atoms with E-state index < -0.39 is 0 Å². The zero-order valence-electron chi connectivity index (χ0n) is 11.1. The largest absolute Gasteiger partial charge is 0.395 e. The topological polar surface area (TPSA) is 50.5 Å². The number of hydrogen-bond acceptors (Lipinski definition) is 4. The van der Waals surface area contributed by atoms with Crippen LogP contribution in [0.2, 0.25) is 0 Å². The van der Waals surface area contributed by atoms with E-state index in [9.17, 15) is 5.11 Å². The monoisotopic (exact) mass is 261 g/mol. The van der Waals surface area contributed by atoms with Crippen LogP contribution in [0.15, 0.2) is 24.5 Å². The Hall–Kier alpha value is -1.43. The molecule has 0 saturated carbocycles. The number of aliphatic hydroxyl groups is 1. The molecule has 1 N–H and O–H groups in total. The number of morpholine rings is 1. The molecule has 1 aliphatic rings. The van der Waals surface area contributed by atoms with Crippen molar-refractivity contribution in [1.82, 2.24) is 14.5 Å². The number of nitrogens with zero attached hydrogens (tertiary/aromatic N) is 3. The lowest BCUT2D eigenvalue weighted by Crippen LogP contribution is -2.46. The SMILES string of the molecule is Cn1cnc2c(CN3CCOC[C@H]3CO)cccc21. The normalized spacial score (nSPS) is 21.1. The highest BCUT2D eigenvalue weighted by Crippen LogP contribution is 2.20. The van der Waals surface area contributed by atoms with Crippen molar-refractivity contribution in [3.63, 3.8) is 0 Å². The molecule has 0 spiro atoms. The summed E-state index contributed by atoms with van der Waals surface area (Å²) < 4.78 is 7.44. The summed E-state index contributed by atoms with van der Waals surface area (Å²) in [5.41, 5.74) is 3.40. The van der Waals surface area contributed by atoms with Crippen LogP contribution >= 0.6 is 0 Å². The van der Waals surface area contributed by atoms with E-state index >= 15 is 0 Å². The first kappa shape index (κ1) is 12.6. The van der Waals surface area contributed by atoms with Crippen molar-refractivity contribution in [2.24, 2.45) is 7.05 Å². The minimum Gasteiger partial charge on any atom is -0.395 e. The van der Waals surface area contributed by atoms with Crippen molar-refractivity contribution in [1.29, 1.82) is 0 Å². The fourth-order valence-electron chi connectivity index (χ4n) is 2.63. The highest BCUT2D eigenvalue weighted by atomic mass is 16.5. The molecule has 2 aromatic rings. The van der Waals surface area contributed by atoms with Crippen LogP contribution in [0.3, 0.4) is 0 Å². The van der Waals surface area contributed by atoms with Gasteiger partial charge in [-0.25, -0.2) is 4.98 Å². The fraction of sp³-hybridized carbons (Fsp3) is 0.500. The quantitative estimate of drug-likeness (QED) is 0.886.